The van der Waals surface area contributed by atoms with Crippen molar-refractivity contribution in [3.63, 3.8) is 0 Å². The standard InChI is InChI=1S/C23H24N2O5S/c26-21-12-16-5-3-7-23(19(16)13-22(21)27)31(28,29)24-10-8-18(9-11-24)25-15-30-14-17-4-1-2-6-20(17)25/h1-7,12-13,18,26-27H,8-11,14-15H2. The van der Waals surface area contributed by atoms with Crippen molar-refractivity contribution in [1.82, 2.24) is 4.31 Å². The molecule has 2 aliphatic heterocycles. The SMILES string of the molecule is O=S(=O)(c1cccc2cc(O)c(O)cc12)N1CCC(N2COCc3ccccc32)CC1. The van der Waals surface area contributed by atoms with E-state index in [1.165, 1.54) is 22.1 Å². The van der Waals surface area contributed by atoms with Crippen molar-refractivity contribution in [3.05, 3.63) is 60.2 Å². The molecule has 0 saturated carbocycles. The maximum absolute atomic E-state index is 13.4. The Morgan fingerprint density at radius 3 is 2.48 bits per heavy atom. The quantitative estimate of drug-likeness (QED) is 0.607. The fourth-order valence-electron chi connectivity index (χ4n) is 4.57. The summed E-state index contributed by atoms with van der Waals surface area (Å²) in [6.07, 6.45) is 1.40. The van der Waals surface area contributed by atoms with E-state index in [1.807, 2.05) is 12.1 Å². The third kappa shape index (κ3) is 3.50. The van der Waals surface area contributed by atoms with Crippen LogP contribution in [0.15, 0.2) is 59.5 Å². The second-order valence-electron chi connectivity index (χ2n) is 8.03. The molecule has 2 N–H and O–H groups in total. The van der Waals surface area contributed by atoms with Gasteiger partial charge in [-0.2, -0.15) is 4.31 Å². The molecule has 0 bridgehead atoms. The fourth-order valence-corrected chi connectivity index (χ4v) is 6.25. The number of phenolic OH excluding ortho intramolecular Hbond substituents is 2. The predicted molar refractivity (Wildman–Crippen MR) is 118 cm³/mol. The molecule has 0 aliphatic carbocycles. The van der Waals surface area contributed by atoms with Gasteiger partial charge in [0, 0.05) is 35.8 Å². The third-order valence-corrected chi connectivity index (χ3v) is 8.16. The zero-order valence-electron chi connectivity index (χ0n) is 16.9. The summed E-state index contributed by atoms with van der Waals surface area (Å²) in [6, 6.07) is 16.0. The van der Waals surface area contributed by atoms with Crippen LogP contribution >= 0.6 is 0 Å². The van der Waals surface area contributed by atoms with Crippen molar-refractivity contribution in [1.29, 1.82) is 0 Å². The molecule has 31 heavy (non-hydrogen) atoms. The lowest BCUT2D eigenvalue weighted by atomic mass is 10.0. The van der Waals surface area contributed by atoms with Gasteiger partial charge in [0.15, 0.2) is 11.5 Å². The van der Waals surface area contributed by atoms with Gasteiger partial charge in [0.1, 0.15) is 6.73 Å². The molecule has 5 rings (SSSR count). The topological polar surface area (TPSA) is 90.3 Å². The Hall–Kier alpha value is -2.81. The number of rotatable bonds is 3. The second-order valence-corrected chi connectivity index (χ2v) is 9.94. The molecule has 0 amide bonds. The van der Waals surface area contributed by atoms with Crippen molar-refractivity contribution in [2.75, 3.05) is 24.7 Å². The van der Waals surface area contributed by atoms with Crippen molar-refractivity contribution >= 4 is 26.5 Å². The van der Waals surface area contributed by atoms with Gasteiger partial charge in [0.2, 0.25) is 10.0 Å². The van der Waals surface area contributed by atoms with Crippen molar-refractivity contribution in [2.45, 2.75) is 30.4 Å². The largest absolute Gasteiger partial charge is 0.504 e. The molecule has 1 fully saturated rings. The molecule has 2 heterocycles. The first-order valence-corrected chi connectivity index (χ1v) is 11.8. The highest BCUT2D eigenvalue weighted by atomic mass is 32.2. The number of anilines is 1. The first kappa shape index (κ1) is 20.1. The van der Waals surface area contributed by atoms with Gasteiger partial charge in [0.25, 0.3) is 0 Å². The minimum atomic E-state index is -3.74. The van der Waals surface area contributed by atoms with E-state index in [-0.39, 0.29) is 22.4 Å². The van der Waals surface area contributed by atoms with Crippen LogP contribution in [0.3, 0.4) is 0 Å². The van der Waals surface area contributed by atoms with Gasteiger partial charge in [-0.1, -0.05) is 30.3 Å². The molecule has 3 aromatic carbocycles. The van der Waals surface area contributed by atoms with Crippen LogP contribution in [0.4, 0.5) is 5.69 Å². The number of hydrogen-bond donors (Lipinski definition) is 2. The number of sulfonamides is 1. The van der Waals surface area contributed by atoms with Crippen LogP contribution in [-0.4, -0.2) is 48.8 Å². The lowest BCUT2D eigenvalue weighted by Gasteiger charge is -2.41. The minimum absolute atomic E-state index is 0.144. The van der Waals surface area contributed by atoms with Crippen LogP contribution in [0.5, 0.6) is 11.5 Å². The number of aromatic hydroxyl groups is 2. The highest BCUT2D eigenvalue weighted by molar-refractivity contribution is 7.89. The van der Waals surface area contributed by atoms with Crippen LogP contribution in [0.25, 0.3) is 10.8 Å². The lowest BCUT2D eigenvalue weighted by Crippen LogP contribution is -2.48. The normalized spacial score (nSPS) is 18.3. The Bertz CT molecular complexity index is 1240. The molecule has 0 aromatic heterocycles. The number of hydrogen-bond acceptors (Lipinski definition) is 6. The van der Waals surface area contributed by atoms with E-state index in [0.29, 0.717) is 50.0 Å². The molecule has 0 atom stereocenters. The maximum atomic E-state index is 13.4. The minimum Gasteiger partial charge on any atom is -0.504 e. The van der Waals surface area contributed by atoms with Crippen LogP contribution < -0.4 is 4.90 Å². The fraction of sp³-hybridized carbons (Fsp3) is 0.304. The van der Waals surface area contributed by atoms with E-state index in [4.69, 9.17) is 4.74 Å². The summed E-state index contributed by atoms with van der Waals surface area (Å²) >= 11 is 0. The van der Waals surface area contributed by atoms with Crippen LogP contribution in [0.1, 0.15) is 18.4 Å². The van der Waals surface area contributed by atoms with Crippen LogP contribution in [0.2, 0.25) is 0 Å². The summed E-state index contributed by atoms with van der Waals surface area (Å²) in [4.78, 5) is 2.38. The molecule has 0 radical (unpaired) electrons. The number of fused-ring (bicyclic) bond motifs is 2. The van der Waals surface area contributed by atoms with E-state index >= 15 is 0 Å². The van der Waals surface area contributed by atoms with Crippen LogP contribution in [-0.2, 0) is 21.4 Å². The molecule has 0 unspecified atom stereocenters. The number of phenols is 2. The molecule has 3 aromatic rings. The van der Waals surface area contributed by atoms with Gasteiger partial charge in [-0.15, -0.1) is 0 Å². The summed E-state index contributed by atoms with van der Waals surface area (Å²) in [5.41, 5.74) is 2.32. The Kier molecular flexibility index (Phi) is 5.00. The highest BCUT2D eigenvalue weighted by Crippen LogP contribution is 2.36. The first-order chi connectivity index (χ1) is 14.9. The van der Waals surface area contributed by atoms with Gasteiger partial charge in [-0.25, -0.2) is 8.42 Å². The summed E-state index contributed by atoms with van der Waals surface area (Å²) in [6.45, 7) is 1.93. The molecular weight excluding hydrogens is 416 g/mol. The number of para-hydroxylation sites is 1. The number of nitrogens with zero attached hydrogens (tertiary/aromatic N) is 2. The van der Waals surface area contributed by atoms with E-state index in [2.05, 4.69) is 17.0 Å². The third-order valence-electron chi connectivity index (χ3n) is 6.21. The molecule has 8 heteroatoms. The summed E-state index contributed by atoms with van der Waals surface area (Å²) in [5.74, 6) is -0.607. The van der Waals surface area contributed by atoms with Gasteiger partial charge in [0.05, 0.1) is 11.5 Å². The average Bonchev–Trinajstić information content (AvgIpc) is 2.79. The van der Waals surface area contributed by atoms with Crippen molar-refractivity contribution in [2.24, 2.45) is 0 Å². The number of piperidine rings is 1. The number of benzene rings is 3. The van der Waals surface area contributed by atoms with E-state index < -0.39 is 10.0 Å². The molecular formula is C23H24N2O5S. The molecule has 0 spiro atoms. The van der Waals surface area contributed by atoms with E-state index in [0.717, 1.165) is 5.56 Å². The monoisotopic (exact) mass is 440 g/mol. The summed E-state index contributed by atoms with van der Waals surface area (Å²) in [7, 11) is -3.74. The van der Waals surface area contributed by atoms with Crippen molar-refractivity contribution in [3.8, 4) is 11.5 Å². The first-order valence-electron chi connectivity index (χ1n) is 10.3. The zero-order chi connectivity index (χ0) is 21.6. The Morgan fingerprint density at radius 1 is 0.935 bits per heavy atom. The Balaban J connectivity index is 1.39. The van der Waals surface area contributed by atoms with Gasteiger partial charge in [-0.05, 0) is 42.5 Å². The summed E-state index contributed by atoms with van der Waals surface area (Å²) < 4.78 is 34.1. The molecule has 162 valence electrons. The van der Waals surface area contributed by atoms with Crippen LogP contribution in [0, 0.1) is 0 Å². The maximum Gasteiger partial charge on any atom is 0.243 e. The van der Waals surface area contributed by atoms with Gasteiger partial charge in [-0.3, -0.25) is 0 Å². The molecule has 2 aliphatic rings. The zero-order valence-corrected chi connectivity index (χ0v) is 17.8. The lowest BCUT2D eigenvalue weighted by molar-refractivity contribution is 0.0988. The number of ether oxygens (including phenoxy) is 1. The second kappa shape index (κ2) is 7.71. The Labute approximate surface area is 181 Å². The van der Waals surface area contributed by atoms with E-state index in [9.17, 15) is 18.6 Å². The molecule has 7 nitrogen and oxygen atoms in total. The van der Waals surface area contributed by atoms with Crippen molar-refractivity contribution < 1.29 is 23.4 Å². The smallest absolute Gasteiger partial charge is 0.243 e. The average molecular weight is 441 g/mol. The predicted octanol–water partition coefficient (Wildman–Crippen LogP) is 3.40. The Morgan fingerprint density at radius 2 is 1.68 bits per heavy atom. The van der Waals surface area contributed by atoms with E-state index in [1.54, 1.807) is 18.2 Å². The van der Waals surface area contributed by atoms with Gasteiger partial charge >= 0.3 is 0 Å². The van der Waals surface area contributed by atoms with Gasteiger partial charge < -0.3 is 19.8 Å². The highest BCUT2D eigenvalue weighted by Gasteiger charge is 2.34. The molecule has 1 saturated heterocycles. The summed E-state index contributed by atoms with van der Waals surface area (Å²) in [5, 5.41) is 20.6.